The summed E-state index contributed by atoms with van der Waals surface area (Å²) in [4.78, 5) is 0. The maximum Gasteiger partial charge on any atom is 0.0597 e. The molecule has 1 aliphatic rings. The van der Waals surface area contributed by atoms with Crippen LogP contribution in [0.1, 0.15) is 44.4 Å². The van der Waals surface area contributed by atoms with Crippen LogP contribution in [0.3, 0.4) is 0 Å². The van der Waals surface area contributed by atoms with Gasteiger partial charge in [-0.3, -0.25) is 0 Å². The van der Waals surface area contributed by atoms with E-state index in [1.807, 2.05) is 0 Å². The molecule has 0 amide bonds. The first-order valence-electron chi connectivity index (χ1n) is 8.39. The van der Waals surface area contributed by atoms with Gasteiger partial charge in [0, 0.05) is 12.0 Å². The zero-order chi connectivity index (χ0) is 15.6. The molecular weight excluding hydrogens is 258 g/mol. The Morgan fingerprint density at radius 3 is 2.19 bits per heavy atom. The number of likely N-dealkylation sites (N-methyl/N-ethyl adjacent to an activating group) is 1. The number of hydrogen-bond acceptors (Lipinski definition) is 2. The minimum Gasteiger partial charge on any atom is -0.375 e. The summed E-state index contributed by atoms with van der Waals surface area (Å²) in [5.74, 6) is 1.19. The van der Waals surface area contributed by atoms with Crippen LogP contribution in [0, 0.1) is 25.7 Å². The van der Waals surface area contributed by atoms with Crippen molar-refractivity contribution >= 4 is 0 Å². The molecule has 2 nitrogen and oxygen atoms in total. The first-order valence-corrected chi connectivity index (χ1v) is 8.39. The smallest absolute Gasteiger partial charge is 0.0597 e. The van der Waals surface area contributed by atoms with Crippen LogP contribution >= 0.6 is 0 Å². The molecule has 0 aliphatic carbocycles. The number of benzene rings is 1. The molecule has 2 rings (SSSR count). The molecule has 0 saturated carbocycles. The molecule has 1 heterocycles. The van der Waals surface area contributed by atoms with Gasteiger partial charge in [-0.1, -0.05) is 32.0 Å². The van der Waals surface area contributed by atoms with Crippen LogP contribution in [0.2, 0.25) is 0 Å². The van der Waals surface area contributed by atoms with Gasteiger partial charge in [0.1, 0.15) is 0 Å². The molecule has 1 aromatic carbocycles. The van der Waals surface area contributed by atoms with Gasteiger partial charge in [-0.25, -0.2) is 0 Å². The van der Waals surface area contributed by atoms with Crippen LogP contribution in [0.15, 0.2) is 18.2 Å². The van der Waals surface area contributed by atoms with Crippen LogP contribution < -0.4 is 5.32 Å². The van der Waals surface area contributed by atoms with E-state index in [1.165, 1.54) is 16.7 Å². The molecule has 0 spiro atoms. The third-order valence-electron chi connectivity index (χ3n) is 5.32. The van der Waals surface area contributed by atoms with Crippen molar-refractivity contribution < 1.29 is 4.74 Å². The number of ether oxygens (including phenoxy) is 1. The SMILES string of the molecule is CCNC(Cc1c(C)cccc1C)C1C(C)OC(C)C1C. The van der Waals surface area contributed by atoms with Crippen molar-refractivity contribution in [1.29, 1.82) is 0 Å². The predicted molar refractivity (Wildman–Crippen MR) is 89.7 cm³/mol. The van der Waals surface area contributed by atoms with Crippen molar-refractivity contribution in [3.05, 3.63) is 34.9 Å². The van der Waals surface area contributed by atoms with E-state index in [4.69, 9.17) is 4.74 Å². The average Bonchev–Trinajstić information content (AvgIpc) is 2.67. The molecule has 0 bridgehead atoms. The molecule has 1 fully saturated rings. The molecular formula is C19H31NO. The van der Waals surface area contributed by atoms with Gasteiger partial charge in [-0.05, 0) is 63.3 Å². The largest absolute Gasteiger partial charge is 0.375 e. The minimum atomic E-state index is 0.336. The van der Waals surface area contributed by atoms with Gasteiger partial charge in [-0.15, -0.1) is 0 Å². The summed E-state index contributed by atoms with van der Waals surface area (Å²) in [6.07, 6.45) is 1.80. The molecule has 2 heteroatoms. The van der Waals surface area contributed by atoms with Gasteiger partial charge < -0.3 is 10.1 Å². The van der Waals surface area contributed by atoms with E-state index < -0.39 is 0 Å². The topological polar surface area (TPSA) is 21.3 Å². The average molecular weight is 289 g/mol. The lowest BCUT2D eigenvalue weighted by atomic mass is 9.80. The highest BCUT2D eigenvalue weighted by atomic mass is 16.5. The van der Waals surface area contributed by atoms with E-state index in [0.29, 0.717) is 30.1 Å². The van der Waals surface area contributed by atoms with E-state index in [0.717, 1.165) is 13.0 Å². The molecule has 118 valence electrons. The third kappa shape index (κ3) is 3.49. The quantitative estimate of drug-likeness (QED) is 0.888. The van der Waals surface area contributed by atoms with Crippen LogP contribution in [0.4, 0.5) is 0 Å². The van der Waals surface area contributed by atoms with Crippen LogP contribution in [-0.4, -0.2) is 24.8 Å². The van der Waals surface area contributed by atoms with Crippen LogP contribution in [0.5, 0.6) is 0 Å². The Morgan fingerprint density at radius 1 is 1.10 bits per heavy atom. The molecule has 0 radical (unpaired) electrons. The van der Waals surface area contributed by atoms with Gasteiger partial charge in [0.15, 0.2) is 0 Å². The van der Waals surface area contributed by atoms with Crippen molar-refractivity contribution in [2.75, 3.05) is 6.54 Å². The summed E-state index contributed by atoms with van der Waals surface area (Å²) < 4.78 is 6.07. The summed E-state index contributed by atoms with van der Waals surface area (Å²) >= 11 is 0. The second-order valence-electron chi connectivity index (χ2n) is 6.72. The van der Waals surface area contributed by atoms with E-state index in [1.54, 1.807) is 0 Å². The first-order chi connectivity index (χ1) is 9.95. The van der Waals surface area contributed by atoms with Crippen molar-refractivity contribution in [2.45, 2.75) is 66.2 Å². The highest BCUT2D eigenvalue weighted by Gasteiger charge is 2.41. The van der Waals surface area contributed by atoms with Crippen LogP contribution in [-0.2, 0) is 11.2 Å². The first kappa shape index (κ1) is 16.5. The van der Waals surface area contributed by atoms with Crippen molar-refractivity contribution in [2.24, 2.45) is 11.8 Å². The molecule has 1 N–H and O–H groups in total. The van der Waals surface area contributed by atoms with Gasteiger partial charge in [0.25, 0.3) is 0 Å². The lowest BCUT2D eigenvalue weighted by Crippen LogP contribution is -2.43. The Morgan fingerprint density at radius 2 is 1.71 bits per heavy atom. The molecule has 1 aromatic rings. The molecule has 21 heavy (non-hydrogen) atoms. The summed E-state index contributed by atoms with van der Waals surface area (Å²) in [6, 6.07) is 7.10. The second kappa shape index (κ2) is 6.93. The van der Waals surface area contributed by atoms with Crippen LogP contribution in [0.25, 0.3) is 0 Å². The van der Waals surface area contributed by atoms with Gasteiger partial charge in [-0.2, -0.15) is 0 Å². The lowest BCUT2D eigenvalue weighted by molar-refractivity contribution is 0.0476. The van der Waals surface area contributed by atoms with E-state index >= 15 is 0 Å². The summed E-state index contributed by atoms with van der Waals surface area (Å²) in [5, 5.41) is 3.73. The van der Waals surface area contributed by atoms with Gasteiger partial charge in [0.05, 0.1) is 12.2 Å². The van der Waals surface area contributed by atoms with Gasteiger partial charge >= 0.3 is 0 Å². The van der Waals surface area contributed by atoms with E-state index in [2.05, 4.69) is 65.1 Å². The fourth-order valence-corrected chi connectivity index (χ4v) is 3.98. The number of aryl methyl sites for hydroxylation is 2. The Labute approximate surface area is 130 Å². The van der Waals surface area contributed by atoms with Crippen molar-refractivity contribution in [1.82, 2.24) is 5.32 Å². The lowest BCUT2D eigenvalue weighted by Gasteiger charge is -2.30. The molecule has 1 saturated heterocycles. The highest BCUT2D eigenvalue weighted by Crippen LogP contribution is 2.36. The Kier molecular flexibility index (Phi) is 5.45. The van der Waals surface area contributed by atoms with Crippen molar-refractivity contribution in [3.8, 4) is 0 Å². The predicted octanol–water partition coefficient (Wildman–Crippen LogP) is 3.88. The van der Waals surface area contributed by atoms with E-state index in [9.17, 15) is 0 Å². The Hall–Kier alpha value is -0.860. The maximum absolute atomic E-state index is 6.07. The second-order valence-corrected chi connectivity index (χ2v) is 6.72. The van der Waals surface area contributed by atoms with Crippen molar-refractivity contribution in [3.63, 3.8) is 0 Å². The fraction of sp³-hybridized carbons (Fsp3) is 0.684. The monoisotopic (exact) mass is 289 g/mol. The standard InChI is InChI=1S/C19H31NO/c1-7-20-18(19-14(4)15(5)21-16(19)6)11-17-12(2)9-8-10-13(17)3/h8-10,14-16,18-20H,7,11H2,1-6H3. The maximum atomic E-state index is 6.07. The normalized spacial score (nSPS) is 30.6. The zero-order valence-corrected chi connectivity index (χ0v) is 14.4. The number of nitrogens with one attached hydrogen (secondary N) is 1. The van der Waals surface area contributed by atoms with E-state index in [-0.39, 0.29) is 0 Å². The molecule has 5 atom stereocenters. The Balaban J connectivity index is 2.23. The Bertz CT molecular complexity index is 450. The highest BCUT2D eigenvalue weighted by molar-refractivity contribution is 5.34. The molecule has 0 aromatic heterocycles. The summed E-state index contributed by atoms with van der Waals surface area (Å²) in [7, 11) is 0. The van der Waals surface area contributed by atoms with Gasteiger partial charge in [0.2, 0.25) is 0 Å². The summed E-state index contributed by atoms with van der Waals surface area (Å²) in [6.45, 7) is 14.5. The number of rotatable bonds is 5. The fourth-order valence-electron chi connectivity index (χ4n) is 3.98. The molecule has 5 unspecified atom stereocenters. The summed E-state index contributed by atoms with van der Waals surface area (Å²) in [5.41, 5.74) is 4.32. The number of hydrogen-bond donors (Lipinski definition) is 1. The minimum absolute atomic E-state index is 0.336. The zero-order valence-electron chi connectivity index (χ0n) is 14.4. The molecule has 1 aliphatic heterocycles. The third-order valence-corrected chi connectivity index (χ3v) is 5.32.